The van der Waals surface area contributed by atoms with Crippen molar-refractivity contribution in [3.8, 4) is 0 Å². The molecule has 0 aromatic carbocycles. The minimum absolute atomic E-state index is 0.0805. The second-order valence-corrected chi connectivity index (χ2v) is 3.79. The Bertz CT molecular complexity index is 242. The van der Waals surface area contributed by atoms with E-state index in [1.807, 2.05) is 0 Å². The lowest BCUT2D eigenvalue weighted by Crippen LogP contribution is -2.20. The molecule has 1 atom stereocenters. The van der Waals surface area contributed by atoms with Crippen LogP contribution >= 0.6 is 11.3 Å². The first kappa shape index (κ1) is 10.5. The summed E-state index contributed by atoms with van der Waals surface area (Å²) in [6.45, 7) is 0. The second kappa shape index (κ2) is 4.11. The molecule has 1 aromatic rings. The van der Waals surface area contributed by atoms with Gasteiger partial charge in [-0.05, 0) is 11.4 Å². The minimum Gasteiger partial charge on any atom is -0.392 e. The maximum absolute atomic E-state index is 11.8. The van der Waals surface area contributed by atoms with Crippen LogP contribution in [0.4, 0.5) is 13.2 Å². The number of rotatable bonds is 3. The molecule has 1 aromatic heterocycles. The molecular weight excluding hydrogens is 201 g/mol. The SMILES string of the molecule is OC(Cc1cccs1)CC(F)(F)F. The first-order valence-electron chi connectivity index (χ1n) is 3.74. The molecular formula is C8H9F3OS. The number of halogens is 3. The van der Waals surface area contributed by atoms with Gasteiger partial charge in [-0.15, -0.1) is 11.3 Å². The summed E-state index contributed by atoms with van der Waals surface area (Å²) in [6, 6.07) is 3.46. The maximum Gasteiger partial charge on any atom is 0.391 e. The zero-order valence-corrected chi connectivity index (χ0v) is 7.53. The molecule has 0 spiro atoms. The van der Waals surface area contributed by atoms with E-state index in [9.17, 15) is 13.2 Å². The van der Waals surface area contributed by atoms with Gasteiger partial charge in [0, 0.05) is 11.3 Å². The van der Waals surface area contributed by atoms with E-state index in [0.717, 1.165) is 4.88 Å². The van der Waals surface area contributed by atoms with Crippen LogP contribution in [-0.2, 0) is 6.42 Å². The molecule has 0 aliphatic rings. The lowest BCUT2D eigenvalue weighted by molar-refractivity contribution is -0.153. The average molecular weight is 210 g/mol. The van der Waals surface area contributed by atoms with E-state index in [1.54, 1.807) is 17.5 Å². The van der Waals surface area contributed by atoms with Crippen molar-refractivity contribution in [2.45, 2.75) is 25.1 Å². The highest BCUT2D eigenvalue weighted by molar-refractivity contribution is 7.09. The van der Waals surface area contributed by atoms with Gasteiger partial charge < -0.3 is 5.11 Å². The third-order valence-corrected chi connectivity index (χ3v) is 2.38. The van der Waals surface area contributed by atoms with E-state index < -0.39 is 18.7 Å². The molecule has 0 radical (unpaired) electrons. The molecule has 1 unspecified atom stereocenters. The fraction of sp³-hybridized carbons (Fsp3) is 0.500. The Morgan fingerprint density at radius 1 is 1.46 bits per heavy atom. The first-order chi connectivity index (χ1) is 5.97. The average Bonchev–Trinajstić information content (AvgIpc) is 2.34. The third-order valence-electron chi connectivity index (χ3n) is 1.48. The topological polar surface area (TPSA) is 20.2 Å². The molecule has 0 fully saturated rings. The summed E-state index contributed by atoms with van der Waals surface area (Å²) in [7, 11) is 0. The summed E-state index contributed by atoms with van der Waals surface area (Å²) in [5, 5.41) is 10.8. The van der Waals surface area contributed by atoms with Crippen LogP contribution in [0.3, 0.4) is 0 Å². The number of hydrogen-bond acceptors (Lipinski definition) is 2. The maximum atomic E-state index is 11.8. The smallest absolute Gasteiger partial charge is 0.391 e. The first-order valence-corrected chi connectivity index (χ1v) is 4.62. The summed E-state index contributed by atoms with van der Waals surface area (Å²) >= 11 is 1.35. The zero-order valence-electron chi connectivity index (χ0n) is 6.71. The van der Waals surface area contributed by atoms with Gasteiger partial charge in [-0.1, -0.05) is 6.07 Å². The monoisotopic (exact) mass is 210 g/mol. The molecule has 13 heavy (non-hydrogen) atoms. The quantitative estimate of drug-likeness (QED) is 0.813. The molecule has 0 aliphatic heterocycles. The molecule has 0 aliphatic carbocycles. The number of thiophene rings is 1. The Morgan fingerprint density at radius 2 is 2.15 bits per heavy atom. The minimum atomic E-state index is -4.28. The van der Waals surface area contributed by atoms with Gasteiger partial charge in [0.2, 0.25) is 0 Å². The Kier molecular flexibility index (Phi) is 3.33. The number of aliphatic hydroxyl groups excluding tert-OH is 1. The Hall–Kier alpha value is -0.550. The van der Waals surface area contributed by atoms with E-state index in [1.165, 1.54) is 11.3 Å². The third kappa shape index (κ3) is 4.28. The lowest BCUT2D eigenvalue weighted by Gasteiger charge is -2.11. The molecule has 1 heterocycles. The van der Waals surface area contributed by atoms with Gasteiger partial charge in [-0.25, -0.2) is 0 Å². The van der Waals surface area contributed by atoms with Gasteiger partial charge in [0.25, 0.3) is 0 Å². The van der Waals surface area contributed by atoms with Crippen molar-refractivity contribution >= 4 is 11.3 Å². The van der Waals surface area contributed by atoms with Gasteiger partial charge in [0.1, 0.15) is 0 Å². The highest BCUT2D eigenvalue weighted by atomic mass is 32.1. The van der Waals surface area contributed by atoms with E-state index in [0.29, 0.717) is 0 Å². The summed E-state index contributed by atoms with van der Waals surface area (Å²) in [4.78, 5) is 0.775. The molecule has 0 bridgehead atoms. The van der Waals surface area contributed by atoms with Gasteiger partial charge in [0.05, 0.1) is 12.5 Å². The number of alkyl halides is 3. The van der Waals surface area contributed by atoms with Crippen molar-refractivity contribution in [2.24, 2.45) is 0 Å². The van der Waals surface area contributed by atoms with Crippen LogP contribution in [0.2, 0.25) is 0 Å². The van der Waals surface area contributed by atoms with Crippen LogP contribution in [0.1, 0.15) is 11.3 Å². The van der Waals surface area contributed by atoms with Crippen LogP contribution in [0.25, 0.3) is 0 Å². The molecule has 0 saturated heterocycles. The Morgan fingerprint density at radius 3 is 2.62 bits per heavy atom. The highest BCUT2D eigenvalue weighted by Gasteiger charge is 2.31. The summed E-state index contributed by atoms with van der Waals surface area (Å²) < 4.78 is 35.3. The number of aliphatic hydroxyl groups is 1. The van der Waals surface area contributed by atoms with Gasteiger partial charge in [0.15, 0.2) is 0 Å². The fourth-order valence-corrected chi connectivity index (χ4v) is 1.78. The van der Waals surface area contributed by atoms with Gasteiger partial charge in [-0.3, -0.25) is 0 Å². The Labute approximate surface area is 77.8 Å². The largest absolute Gasteiger partial charge is 0.392 e. The molecule has 5 heteroatoms. The predicted octanol–water partition coefficient (Wildman–Crippen LogP) is 2.60. The van der Waals surface area contributed by atoms with E-state index in [4.69, 9.17) is 5.11 Å². The van der Waals surface area contributed by atoms with Crippen molar-refractivity contribution in [1.82, 2.24) is 0 Å². The molecule has 0 amide bonds. The normalized spacial score (nSPS) is 14.5. The van der Waals surface area contributed by atoms with E-state index >= 15 is 0 Å². The van der Waals surface area contributed by atoms with Crippen LogP contribution in [0.15, 0.2) is 17.5 Å². The lowest BCUT2D eigenvalue weighted by atomic mass is 10.1. The van der Waals surface area contributed by atoms with Crippen molar-refractivity contribution in [1.29, 1.82) is 0 Å². The summed E-state index contributed by atoms with van der Waals surface area (Å²) in [5.41, 5.74) is 0. The van der Waals surface area contributed by atoms with Crippen LogP contribution in [0.5, 0.6) is 0 Å². The van der Waals surface area contributed by atoms with Crippen LogP contribution in [-0.4, -0.2) is 17.4 Å². The van der Waals surface area contributed by atoms with Crippen LogP contribution in [0, 0.1) is 0 Å². The van der Waals surface area contributed by atoms with Crippen molar-refractivity contribution in [2.75, 3.05) is 0 Å². The van der Waals surface area contributed by atoms with E-state index in [2.05, 4.69) is 0 Å². The standard InChI is InChI=1S/C8H9F3OS/c9-8(10,11)5-6(12)4-7-2-1-3-13-7/h1-3,6,12H,4-5H2. The second-order valence-electron chi connectivity index (χ2n) is 2.76. The number of hydrogen-bond donors (Lipinski definition) is 1. The molecule has 74 valence electrons. The molecule has 1 rings (SSSR count). The van der Waals surface area contributed by atoms with Crippen LogP contribution < -0.4 is 0 Å². The molecule has 0 saturated carbocycles. The zero-order chi connectivity index (χ0) is 9.90. The fourth-order valence-electron chi connectivity index (χ4n) is 1.00. The molecule has 1 nitrogen and oxygen atoms in total. The van der Waals surface area contributed by atoms with Crippen molar-refractivity contribution in [3.63, 3.8) is 0 Å². The van der Waals surface area contributed by atoms with Gasteiger partial charge in [-0.2, -0.15) is 13.2 Å². The molecule has 1 N–H and O–H groups in total. The van der Waals surface area contributed by atoms with Crippen molar-refractivity contribution in [3.05, 3.63) is 22.4 Å². The van der Waals surface area contributed by atoms with Gasteiger partial charge >= 0.3 is 6.18 Å². The Balaban J connectivity index is 2.38. The van der Waals surface area contributed by atoms with Crippen molar-refractivity contribution < 1.29 is 18.3 Å². The summed E-state index contributed by atoms with van der Waals surface area (Å²) in [5.74, 6) is 0. The predicted molar refractivity (Wildman–Crippen MR) is 44.7 cm³/mol. The summed E-state index contributed by atoms with van der Waals surface area (Å²) in [6.07, 6.45) is -6.66. The van der Waals surface area contributed by atoms with E-state index in [-0.39, 0.29) is 6.42 Å². The highest BCUT2D eigenvalue weighted by Crippen LogP contribution is 2.23.